The van der Waals surface area contributed by atoms with Gasteiger partial charge in [0.05, 0.1) is 15.9 Å². The largest absolute Gasteiger partial charge is 0.313 e. The monoisotopic (exact) mass is 417 g/mol. The smallest absolute Gasteiger partial charge is 0.128 e. The Balaban J connectivity index is 2.36. The minimum Gasteiger partial charge on any atom is -0.313 e. The summed E-state index contributed by atoms with van der Waals surface area (Å²) >= 11 is 7.01. The number of nitrogens with one attached hydrogen (secondary N) is 1. The topological polar surface area (TPSA) is 29.9 Å². The summed E-state index contributed by atoms with van der Waals surface area (Å²) in [4.78, 5) is 0. The molecule has 0 fully saturated rings. The van der Waals surface area contributed by atoms with Crippen molar-refractivity contribution in [1.82, 2.24) is 15.1 Å². The first-order valence-corrected chi connectivity index (χ1v) is 8.39. The molecule has 1 aromatic heterocycles. The number of aryl methyl sites for hydroxylation is 2. The van der Waals surface area contributed by atoms with Gasteiger partial charge in [-0.25, -0.2) is 4.39 Å². The third-order valence-electron chi connectivity index (χ3n) is 3.58. The second kappa shape index (κ2) is 7.03. The highest BCUT2D eigenvalue weighted by molar-refractivity contribution is 9.10. The summed E-state index contributed by atoms with van der Waals surface area (Å²) in [5.74, 6) is -0.202. The average molecular weight is 419 g/mol. The lowest BCUT2D eigenvalue weighted by atomic mass is 10.0. The van der Waals surface area contributed by atoms with Crippen LogP contribution in [0, 0.1) is 5.82 Å². The van der Waals surface area contributed by atoms with Crippen LogP contribution >= 0.6 is 31.9 Å². The van der Waals surface area contributed by atoms with E-state index in [1.54, 1.807) is 6.07 Å². The highest BCUT2D eigenvalue weighted by Gasteiger charge is 2.20. The van der Waals surface area contributed by atoms with Crippen molar-refractivity contribution >= 4 is 31.9 Å². The van der Waals surface area contributed by atoms with Crippen LogP contribution in [0.15, 0.2) is 27.1 Å². The van der Waals surface area contributed by atoms with Crippen molar-refractivity contribution in [2.24, 2.45) is 7.05 Å². The van der Waals surface area contributed by atoms with E-state index in [0.29, 0.717) is 12.0 Å². The molecule has 0 amide bonds. The molecular weight excluding hydrogens is 401 g/mol. The second-order valence-electron chi connectivity index (χ2n) is 4.90. The standard InChI is InChI=1S/C15H18Br2FN3/c1-4-12-15(17)14(21(3)20-12)8-13(19-2)10-7-9(16)5-6-11(10)18/h5-7,13,19H,4,8H2,1-3H3. The molecule has 1 N–H and O–H groups in total. The highest BCUT2D eigenvalue weighted by atomic mass is 79.9. The van der Waals surface area contributed by atoms with Crippen LogP contribution in [0.25, 0.3) is 0 Å². The first-order valence-electron chi connectivity index (χ1n) is 6.80. The van der Waals surface area contributed by atoms with Crippen LogP contribution < -0.4 is 5.32 Å². The maximum absolute atomic E-state index is 14.1. The molecule has 0 spiro atoms. The Kier molecular flexibility index (Phi) is 5.57. The minimum absolute atomic E-state index is 0.112. The quantitative estimate of drug-likeness (QED) is 0.790. The van der Waals surface area contributed by atoms with Crippen molar-refractivity contribution in [3.05, 3.63) is 49.9 Å². The summed E-state index contributed by atoms with van der Waals surface area (Å²) in [6, 6.07) is 4.90. The maximum atomic E-state index is 14.1. The van der Waals surface area contributed by atoms with Gasteiger partial charge in [0, 0.05) is 29.5 Å². The van der Waals surface area contributed by atoms with Crippen LogP contribution in [0.1, 0.15) is 29.9 Å². The van der Waals surface area contributed by atoms with Crippen LogP contribution in [0.4, 0.5) is 4.39 Å². The number of halogens is 3. The molecule has 114 valence electrons. The van der Waals surface area contributed by atoms with Gasteiger partial charge >= 0.3 is 0 Å². The Bertz CT molecular complexity index is 640. The van der Waals surface area contributed by atoms with Gasteiger partial charge in [-0.2, -0.15) is 5.10 Å². The van der Waals surface area contributed by atoms with E-state index >= 15 is 0 Å². The molecule has 1 heterocycles. The van der Waals surface area contributed by atoms with Crippen LogP contribution in [0.5, 0.6) is 0 Å². The van der Waals surface area contributed by atoms with Gasteiger partial charge in [-0.1, -0.05) is 22.9 Å². The van der Waals surface area contributed by atoms with Crippen LogP contribution in [0.2, 0.25) is 0 Å². The van der Waals surface area contributed by atoms with Crippen molar-refractivity contribution in [2.75, 3.05) is 7.05 Å². The number of hydrogen-bond acceptors (Lipinski definition) is 2. The summed E-state index contributed by atoms with van der Waals surface area (Å²) in [6.07, 6.45) is 1.53. The molecule has 0 aliphatic heterocycles. The molecule has 1 unspecified atom stereocenters. The molecule has 6 heteroatoms. The molecular formula is C15H18Br2FN3. The Morgan fingerprint density at radius 1 is 1.38 bits per heavy atom. The summed E-state index contributed by atoms with van der Waals surface area (Å²) in [5, 5.41) is 7.68. The number of benzene rings is 1. The van der Waals surface area contributed by atoms with Crippen molar-refractivity contribution in [3.8, 4) is 0 Å². The zero-order valence-corrected chi connectivity index (χ0v) is 15.4. The van der Waals surface area contributed by atoms with Gasteiger partial charge in [0.15, 0.2) is 0 Å². The van der Waals surface area contributed by atoms with Crippen molar-refractivity contribution in [2.45, 2.75) is 25.8 Å². The fourth-order valence-corrected chi connectivity index (χ4v) is 3.54. The summed E-state index contributed by atoms with van der Waals surface area (Å²) < 4.78 is 17.8. The van der Waals surface area contributed by atoms with E-state index in [1.807, 2.05) is 24.8 Å². The number of hydrogen-bond donors (Lipinski definition) is 1. The van der Waals surface area contributed by atoms with E-state index in [4.69, 9.17) is 0 Å². The highest BCUT2D eigenvalue weighted by Crippen LogP contribution is 2.29. The molecule has 1 atom stereocenters. The zero-order valence-electron chi connectivity index (χ0n) is 12.3. The fourth-order valence-electron chi connectivity index (χ4n) is 2.38. The Morgan fingerprint density at radius 2 is 2.10 bits per heavy atom. The van der Waals surface area contributed by atoms with Crippen molar-refractivity contribution in [1.29, 1.82) is 0 Å². The Hall–Kier alpha value is -0.720. The lowest BCUT2D eigenvalue weighted by molar-refractivity contribution is 0.518. The van der Waals surface area contributed by atoms with E-state index in [9.17, 15) is 4.39 Å². The molecule has 2 aromatic rings. The molecule has 0 radical (unpaired) electrons. The van der Waals surface area contributed by atoms with Gasteiger partial charge in [-0.15, -0.1) is 0 Å². The van der Waals surface area contributed by atoms with E-state index in [-0.39, 0.29) is 11.9 Å². The summed E-state index contributed by atoms with van der Waals surface area (Å²) in [7, 11) is 3.76. The summed E-state index contributed by atoms with van der Waals surface area (Å²) in [6.45, 7) is 2.07. The Morgan fingerprint density at radius 3 is 2.67 bits per heavy atom. The average Bonchev–Trinajstić information content (AvgIpc) is 2.74. The lowest BCUT2D eigenvalue weighted by Gasteiger charge is -2.18. The lowest BCUT2D eigenvalue weighted by Crippen LogP contribution is -2.21. The normalized spacial score (nSPS) is 12.7. The van der Waals surface area contributed by atoms with E-state index in [2.05, 4.69) is 49.2 Å². The van der Waals surface area contributed by atoms with Crippen LogP contribution in [0.3, 0.4) is 0 Å². The van der Waals surface area contributed by atoms with Crippen LogP contribution in [-0.4, -0.2) is 16.8 Å². The van der Waals surface area contributed by atoms with Gasteiger partial charge in [0.1, 0.15) is 5.82 Å². The predicted octanol–water partition coefficient (Wildman–Crippen LogP) is 4.15. The van der Waals surface area contributed by atoms with Gasteiger partial charge in [0.2, 0.25) is 0 Å². The molecule has 0 saturated heterocycles. The Labute approximate surface area is 141 Å². The molecule has 0 aliphatic rings. The molecule has 0 saturated carbocycles. The number of rotatable bonds is 5. The van der Waals surface area contributed by atoms with Gasteiger partial charge < -0.3 is 5.32 Å². The van der Waals surface area contributed by atoms with E-state index in [0.717, 1.165) is 26.8 Å². The number of nitrogens with zero attached hydrogens (tertiary/aromatic N) is 2. The maximum Gasteiger partial charge on any atom is 0.128 e. The zero-order chi connectivity index (χ0) is 15.6. The minimum atomic E-state index is -0.202. The third-order valence-corrected chi connectivity index (χ3v) is 4.99. The van der Waals surface area contributed by atoms with E-state index in [1.165, 1.54) is 6.07 Å². The van der Waals surface area contributed by atoms with Crippen molar-refractivity contribution < 1.29 is 4.39 Å². The first kappa shape index (κ1) is 16.6. The van der Waals surface area contributed by atoms with Gasteiger partial charge in [0.25, 0.3) is 0 Å². The predicted molar refractivity (Wildman–Crippen MR) is 89.9 cm³/mol. The molecule has 0 bridgehead atoms. The molecule has 3 nitrogen and oxygen atoms in total. The summed E-state index contributed by atoms with van der Waals surface area (Å²) in [5.41, 5.74) is 2.74. The third kappa shape index (κ3) is 3.55. The van der Waals surface area contributed by atoms with Gasteiger partial charge in [-0.05, 0) is 47.6 Å². The van der Waals surface area contributed by atoms with Gasteiger partial charge in [-0.3, -0.25) is 4.68 Å². The van der Waals surface area contributed by atoms with Crippen molar-refractivity contribution in [3.63, 3.8) is 0 Å². The number of aromatic nitrogens is 2. The van der Waals surface area contributed by atoms with E-state index < -0.39 is 0 Å². The van der Waals surface area contributed by atoms with Crippen LogP contribution in [-0.2, 0) is 19.9 Å². The SMILES string of the molecule is CCc1nn(C)c(CC(NC)c2cc(Br)ccc2F)c1Br. The first-order chi connectivity index (χ1) is 9.97. The molecule has 2 rings (SSSR count). The number of likely N-dealkylation sites (N-methyl/N-ethyl adjacent to an activating group) is 1. The fraction of sp³-hybridized carbons (Fsp3) is 0.400. The molecule has 21 heavy (non-hydrogen) atoms. The molecule has 0 aliphatic carbocycles. The second-order valence-corrected chi connectivity index (χ2v) is 6.60. The molecule has 1 aromatic carbocycles.